The molecule has 2 nitrogen and oxygen atoms in total. The molecule has 0 amide bonds. The van der Waals surface area contributed by atoms with Crippen LogP contribution in [0, 0.1) is 0 Å². The molecule has 1 aromatic carbocycles. The van der Waals surface area contributed by atoms with E-state index < -0.39 is 0 Å². The first kappa shape index (κ1) is 11.9. The van der Waals surface area contributed by atoms with Crippen LogP contribution in [0.15, 0.2) is 12.1 Å². The van der Waals surface area contributed by atoms with Gasteiger partial charge in [-0.3, -0.25) is 0 Å². The summed E-state index contributed by atoms with van der Waals surface area (Å²) in [6, 6.07) is 4.21. The molecule has 1 unspecified atom stereocenters. The molecule has 0 spiro atoms. The second-order valence-corrected chi connectivity index (χ2v) is 5.04. The van der Waals surface area contributed by atoms with Gasteiger partial charge in [-0.05, 0) is 31.4 Å². The zero-order valence-corrected chi connectivity index (χ0v) is 10.9. The lowest BCUT2D eigenvalue weighted by atomic mass is 10.1. The Kier molecular flexibility index (Phi) is 3.50. The van der Waals surface area contributed by atoms with Crippen LogP contribution in [0.1, 0.15) is 26.2 Å². The van der Waals surface area contributed by atoms with Gasteiger partial charge in [0.1, 0.15) is 0 Å². The van der Waals surface area contributed by atoms with Crippen LogP contribution in [0.25, 0.3) is 0 Å². The molecule has 1 aromatic rings. The summed E-state index contributed by atoms with van der Waals surface area (Å²) in [5.41, 5.74) is 7.75. The van der Waals surface area contributed by atoms with Crippen molar-refractivity contribution < 1.29 is 0 Å². The van der Waals surface area contributed by atoms with Crippen LogP contribution >= 0.6 is 23.2 Å². The maximum atomic E-state index is 6.04. The van der Waals surface area contributed by atoms with E-state index >= 15 is 0 Å². The van der Waals surface area contributed by atoms with E-state index in [-0.39, 0.29) is 0 Å². The van der Waals surface area contributed by atoms with Crippen molar-refractivity contribution in [3.63, 3.8) is 0 Å². The number of anilines is 2. The summed E-state index contributed by atoms with van der Waals surface area (Å²) in [7, 11) is 0. The van der Waals surface area contributed by atoms with Gasteiger partial charge in [-0.2, -0.15) is 0 Å². The Morgan fingerprint density at radius 1 is 1.38 bits per heavy atom. The third kappa shape index (κ3) is 2.09. The Morgan fingerprint density at radius 2 is 2.06 bits per heavy atom. The molecule has 4 heteroatoms. The number of nitrogens with zero attached hydrogens (tertiary/aromatic N) is 1. The van der Waals surface area contributed by atoms with Gasteiger partial charge in [0, 0.05) is 12.6 Å². The highest BCUT2D eigenvalue weighted by Gasteiger charge is 2.25. The van der Waals surface area contributed by atoms with Gasteiger partial charge < -0.3 is 10.6 Å². The first-order valence-corrected chi connectivity index (χ1v) is 6.40. The number of halogens is 2. The standard InChI is InChI=1S/C12H16Cl2N2/c1-2-8-4-3-5-16(8)12-7-10(14)9(13)6-11(12)15/h6-8H,2-5,15H2,1H3. The SMILES string of the molecule is CCC1CCCN1c1cc(Cl)c(Cl)cc1N. The zero-order chi connectivity index (χ0) is 11.7. The molecule has 0 bridgehead atoms. The predicted octanol–water partition coefficient (Wildman–Crippen LogP) is 3.95. The van der Waals surface area contributed by atoms with Crippen molar-refractivity contribution in [2.75, 3.05) is 17.2 Å². The van der Waals surface area contributed by atoms with E-state index in [0.29, 0.717) is 16.1 Å². The van der Waals surface area contributed by atoms with E-state index in [4.69, 9.17) is 28.9 Å². The van der Waals surface area contributed by atoms with Crippen molar-refractivity contribution in [2.24, 2.45) is 0 Å². The van der Waals surface area contributed by atoms with Crippen LogP contribution in [-0.2, 0) is 0 Å². The van der Waals surface area contributed by atoms with Crippen molar-refractivity contribution in [1.29, 1.82) is 0 Å². The number of nitrogens with two attached hydrogens (primary N) is 1. The van der Waals surface area contributed by atoms with Crippen LogP contribution in [0.4, 0.5) is 11.4 Å². The third-order valence-corrected chi connectivity index (χ3v) is 3.95. The van der Waals surface area contributed by atoms with E-state index in [0.717, 1.165) is 24.3 Å². The van der Waals surface area contributed by atoms with Crippen molar-refractivity contribution in [2.45, 2.75) is 32.2 Å². The Hall–Kier alpha value is -0.600. The predicted molar refractivity (Wildman–Crippen MR) is 71.5 cm³/mol. The van der Waals surface area contributed by atoms with Crippen LogP contribution in [0.2, 0.25) is 10.0 Å². The molecule has 1 saturated heterocycles. The lowest BCUT2D eigenvalue weighted by molar-refractivity contribution is 0.646. The molecule has 2 rings (SSSR count). The molecule has 16 heavy (non-hydrogen) atoms. The van der Waals surface area contributed by atoms with E-state index in [1.54, 1.807) is 6.07 Å². The average molecular weight is 259 g/mol. The highest BCUT2D eigenvalue weighted by Crippen LogP contribution is 2.36. The highest BCUT2D eigenvalue weighted by atomic mass is 35.5. The molecule has 88 valence electrons. The molecule has 1 aliphatic rings. The van der Waals surface area contributed by atoms with Crippen molar-refractivity contribution >= 4 is 34.6 Å². The van der Waals surface area contributed by atoms with E-state index in [1.165, 1.54) is 12.8 Å². The number of hydrogen-bond donors (Lipinski definition) is 1. The molecule has 0 aromatic heterocycles. The summed E-state index contributed by atoms with van der Waals surface area (Å²) < 4.78 is 0. The molecule has 1 fully saturated rings. The topological polar surface area (TPSA) is 29.3 Å². The molecule has 1 aliphatic heterocycles. The maximum Gasteiger partial charge on any atom is 0.0618 e. The summed E-state index contributed by atoms with van der Waals surface area (Å²) >= 11 is 12.0. The van der Waals surface area contributed by atoms with Gasteiger partial charge >= 0.3 is 0 Å². The second-order valence-electron chi connectivity index (χ2n) is 4.22. The molecule has 0 aliphatic carbocycles. The number of benzene rings is 1. The maximum absolute atomic E-state index is 6.04. The molecule has 1 heterocycles. The summed E-state index contributed by atoms with van der Waals surface area (Å²) in [5.74, 6) is 0. The van der Waals surface area contributed by atoms with Crippen LogP contribution in [0.3, 0.4) is 0 Å². The van der Waals surface area contributed by atoms with Crippen LogP contribution in [0.5, 0.6) is 0 Å². The highest BCUT2D eigenvalue weighted by molar-refractivity contribution is 6.42. The van der Waals surface area contributed by atoms with Gasteiger partial charge in [0.25, 0.3) is 0 Å². The van der Waals surface area contributed by atoms with Crippen LogP contribution in [-0.4, -0.2) is 12.6 Å². The van der Waals surface area contributed by atoms with Gasteiger partial charge in [-0.1, -0.05) is 30.1 Å². The first-order chi connectivity index (χ1) is 7.63. The second kappa shape index (κ2) is 4.72. The summed E-state index contributed by atoms with van der Waals surface area (Å²) in [6.45, 7) is 3.26. The molecule has 2 N–H and O–H groups in total. The Labute approximate surface area is 106 Å². The molecular weight excluding hydrogens is 243 g/mol. The van der Waals surface area contributed by atoms with Gasteiger partial charge in [-0.25, -0.2) is 0 Å². The Morgan fingerprint density at radius 3 is 2.75 bits per heavy atom. The fraction of sp³-hybridized carbons (Fsp3) is 0.500. The average Bonchev–Trinajstić information content (AvgIpc) is 2.71. The van der Waals surface area contributed by atoms with Crippen molar-refractivity contribution in [3.8, 4) is 0 Å². The van der Waals surface area contributed by atoms with Gasteiger partial charge in [0.05, 0.1) is 21.4 Å². The third-order valence-electron chi connectivity index (χ3n) is 3.23. The number of hydrogen-bond acceptors (Lipinski definition) is 2. The fourth-order valence-electron chi connectivity index (χ4n) is 2.38. The lowest BCUT2D eigenvalue weighted by Crippen LogP contribution is -2.29. The minimum Gasteiger partial charge on any atom is -0.397 e. The minimum absolute atomic E-state index is 0.523. The smallest absolute Gasteiger partial charge is 0.0618 e. The quantitative estimate of drug-likeness (QED) is 0.814. The first-order valence-electron chi connectivity index (χ1n) is 5.64. The van der Waals surface area contributed by atoms with Gasteiger partial charge in [0.2, 0.25) is 0 Å². The molecule has 1 atom stereocenters. The summed E-state index contributed by atoms with van der Waals surface area (Å²) in [6.07, 6.45) is 3.59. The largest absolute Gasteiger partial charge is 0.397 e. The summed E-state index contributed by atoms with van der Waals surface area (Å²) in [5, 5.41) is 1.10. The number of nitrogen functional groups attached to an aromatic ring is 1. The minimum atomic E-state index is 0.523. The van der Waals surface area contributed by atoms with Gasteiger partial charge in [0.15, 0.2) is 0 Å². The van der Waals surface area contributed by atoms with Crippen molar-refractivity contribution in [3.05, 3.63) is 22.2 Å². The normalized spacial score (nSPS) is 20.4. The van der Waals surface area contributed by atoms with E-state index in [9.17, 15) is 0 Å². The lowest BCUT2D eigenvalue weighted by Gasteiger charge is -2.27. The Balaban J connectivity index is 2.36. The molecule has 0 radical (unpaired) electrons. The van der Waals surface area contributed by atoms with Gasteiger partial charge in [-0.15, -0.1) is 0 Å². The fourth-order valence-corrected chi connectivity index (χ4v) is 2.71. The molecule has 0 saturated carbocycles. The monoisotopic (exact) mass is 258 g/mol. The number of rotatable bonds is 2. The van der Waals surface area contributed by atoms with E-state index in [2.05, 4.69) is 11.8 Å². The Bertz CT molecular complexity index is 393. The molecular formula is C12H16Cl2N2. The summed E-state index contributed by atoms with van der Waals surface area (Å²) in [4.78, 5) is 2.34. The van der Waals surface area contributed by atoms with Crippen molar-refractivity contribution in [1.82, 2.24) is 0 Å². The zero-order valence-electron chi connectivity index (χ0n) is 9.34. The van der Waals surface area contributed by atoms with E-state index in [1.807, 2.05) is 6.07 Å². The van der Waals surface area contributed by atoms with Crippen LogP contribution < -0.4 is 10.6 Å².